The topological polar surface area (TPSA) is 38.2 Å². The molecule has 1 aromatic heterocycles. The Morgan fingerprint density at radius 3 is 2.48 bits per heavy atom. The second kappa shape index (κ2) is 7.79. The molecular weight excluding hydrogens is 401 g/mol. The molecule has 0 amide bonds. The fraction of sp³-hybridized carbons (Fsp3) is 0.375. The van der Waals surface area contributed by atoms with Gasteiger partial charge in [0, 0.05) is 25.5 Å². The monoisotopic (exact) mass is 415 g/mol. The van der Waals surface area contributed by atoms with E-state index in [4.69, 9.17) is 27.9 Å². The van der Waals surface area contributed by atoms with Crippen molar-refractivity contribution in [3.05, 3.63) is 50.7 Å². The van der Waals surface area contributed by atoms with Crippen LogP contribution in [0.15, 0.2) is 35.1 Å². The first-order valence-corrected chi connectivity index (χ1v) is 8.95. The molecule has 1 aromatic carbocycles. The molecule has 2 aromatic rings. The van der Waals surface area contributed by atoms with Gasteiger partial charge in [0.25, 0.3) is 0 Å². The molecule has 0 saturated carbocycles. The molecule has 122 valence electrons. The van der Waals surface area contributed by atoms with Crippen molar-refractivity contribution in [3.63, 3.8) is 0 Å². The van der Waals surface area contributed by atoms with E-state index < -0.39 is 0 Å². The Balaban J connectivity index is 1.49. The number of rotatable bonds is 4. The lowest BCUT2D eigenvalue weighted by Crippen LogP contribution is -2.37. The fourth-order valence-corrected chi connectivity index (χ4v) is 3.06. The molecule has 1 saturated heterocycles. The van der Waals surface area contributed by atoms with E-state index in [0.717, 1.165) is 41.9 Å². The van der Waals surface area contributed by atoms with Crippen LogP contribution in [0.3, 0.4) is 0 Å². The molecule has 2 heterocycles. The maximum Gasteiger partial charge on any atom is 0.225 e. The van der Waals surface area contributed by atoms with Crippen molar-refractivity contribution in [2.75, 3.05) is 18.0 Å². The van der Waals surface area contributed by atoms with Crippen molar-refractivity contribution in [2.24, 2.45) is 0 Å². The molecule has 7 heteroatoms. The molecule has 0 radical (unpaired) electrons. The van der Waals surface area contributed by atoms with Gasteiger partial charge in [0.1, 0.15) is 0 Å². The molecule has 0 atom stereocenters. The lowest BCUT2D eigenvalue weighted by atomic mass is 10.1. The van der Waals surface area contributed by atoms with Gasteiger partial charge in [-0.25, -0.2) is 9.97 Å². The molecule has 3 rings (SSSR count). The highest BCUT2D eigenvalue weighted by Gasteiger charge is 2.21. The first-order valence-electron chi connectivity index (χ1n) is 7.40. The minimum absolute atomic E-state index is 0.246. The van der Waals surface area contributed by atoms with Gasteiger partial charge in [-0.05, 0) is 46.5 Å². The van der Waals surface area contributed by atoms with E-state index in [1.807, 2.05) is 12.1 Å². The number of hydrogen-bond acceptors (Lipinski definition) is 4. The molecule has 4 nitrogen and oxygen atoms in total. The van der Waals surface area contributed by atoms with Crippen molar-refractivity contribution in [1.82, 2.24) is 9.97 Å². The highest BCUT2D eigenvalue weighted by molar-refractivity contribution is 9.10. The van der Waals surface area contributed by atoms with Crippen LogP contribution in [0.5, 0.6) is 0 Å². The van der Waals surface area contributed by atoms with Crippen molar-refractivity contribution >= 4 is 45.1 Å². The summed E-state index contributed by atoms with van der Waals surface area (Å²) in [6, 6.07) is 5.60. The molecule has 0 bridgehead atoms. The Labute approximate surface area is 153 Å². The lowest BCUT2D eigenvalue weighted by molar-refractivity contribution is 0.0250. The SMILES string of the molecule is Clc1ccc(COC2CCN(c3ncc(Br)cn3)CC2)cc1Cl. The summed E-state index contributed by atoms with van der Waals surface area (Å²) in [5, 5.41) is 1.13. The van der Waals surface area contributed by atoms with Crippen LogP contribution in [0.4, 0.5) is 5.95 Å². The number of hydrogen-bond donors (Lipinski definition) is 0. The van der Waals surface area contributed by atoms with E-state index in [2.05, 4.69) is 30.8 Å². The van der Waals surface area contributed by atoms with Gasteiger partial charge in [0.15, 0.2) is 0 Å². The highest BCUT2D eigenvalue weighted by atomic mass is 79.9. The third kappa shape index (κ3) is 4.57. The molecule has 0 unspecified atom stereocenters. The molecule has 1 aliphatic rings. The average molecular weight is 417 g/mol. The fourth-order valence-electron chi connectivity index (χ4n) is 2.53. The van der Waals surface area contributed by atoms with E-state index in [-0.39, 0.29) is 6.10 Å². The maximum atomic E-state index is 6.02. The van der Waals surface area contributed by atoms with Gasteiger partial charge in [0.2, 0.25) is 5.95 Å². The third-order valence-electron chi connectivity index (χ3n) is 3.80. The van der Waals surface area contributed by atoms with E-state index in [1.54, 1.807) is 18.5 Å². The zero-order valence-corrected chi connectivity index (χ0v) is 15.5. The highest BCUT2D eigenvalue weighted by Crippen LogP contribution is 2.24. The number of ether oxygens (including phenoxy) is 1. The minimum Gasteiger partial charge on any atom is -0.373 e. The third-order valence-corrected chi connectivity index (χ3v) is 4.95. The van der Waals surface area contributed by atoms with Crippen molar-refractivity contribution in [1.29, 1.82) is 0 Å². The Morgan fingerprint density at radius 1 is 1.13 bits per heavy atom. The van der Waals surface area contributed by atoms with Crippen molar-refractivity contribution < 1.29 is 4.74 Å². The second-order valence-electron chi connectivity index (χ2n) is 5.45. The standard InChI is InChI=1S/C16H16BrCl2N3O/c17-12-8-20-16(21-9-12)22-5-3-13(4-6-22)23-10-11-1-2-14(18)15(19)7-11/h1-2,7-9,13H,3-6,10H2. The van der Waals surface area contributed by atoms with Gasteiger partial charge >= 0.3 is 0 Å². The molecule has 0 N–H and O–H groups in total. The van der Waals surface area contributed by atoms with E-state index in [0.29, 0.717) is 16.7 Å². The minimum atomic E-state index is 0.246. The first kappa shape index (κ1) is 17.0. The van der Waals surface area contributed by atoms with Crippen LogP contribution in [0, 0.1) is 0 Å². The zero-order valence-electron chi connectivity index (χ0n) is 12.4. The molecular formula is C16H16BrCl2N3O. The van der Waals surface area contributed by atoms with Crippen LogP contribution in [-0.2, 0) is 11.3 Å². The summed E-state index contributed by atoms with van der Waals surface area (Å²) in [6.45, 7) is 2.34. The molecule has 23 heavy (non-hydrogen) atoms. The number of benzene rings is 1. The maximum absolute atomic E-state index is 6.02. The predicted octanol–water partition coefficient (Wildman–Crippen LogP) is 4.73. The molecule has 1 fully saturated rings. The average Bonchev–Trinajstić information content (AvgIpc) is 2.57. The summed E-state index contributed by atoms with van der Waals surface area (Å²) in [6.07, 6.45) is 5.71. The van der Waals surface area contributed by atoms with Crippen LogP contribution in [0.25, 0.3) is 0 Å². The van der Waals surface area contributed by atoms with Crippen LogP contribution in [0.1, 0.15) is 18.4 Å². The molecule has 0 aliphatic carbocycles. The van der Waals surface area contributed by atoms with Crippen LogP contribution >= 0.6 is 39.1 Å². The summed E-state index contributed by atoms with van der Waals surface area (Å²) in [7, 11) is 0. The smallest absolute Gasteiger partial charge is 0.225 e. The van der Waals surface area contributed by atoms with E-state index in [9.17, 15) is 0 Å². The number of aromatic nitrogens is 2. The van der Waals surface area contributed by atoms with E-state index >= 15 is 0 Å². The normalized spacial score (nSPS) is 15.9. The quantitative estimate of drug-likeness (QED) is 0.721. The van der Waals surface area contributed by atoms with Gasteiger partial charge in [-0.2, -0.15) is 0 Å². The number of nitrogens with zero attached hydrogens (tertiary/aromatic N) is 3. The Kier molecular flexibility index (Phi) is 5.75. The van der Waals surface area contributed by atoms with Crippen molar-refractivity contribution in [3.8, 4) is 0 Å². The lowest BCUT2D eigenvalue weighted by Gasteiger charge is -2.31. The Hall–Kier alpha value is -0.880. The summed E-state index contributed by atoms with van der Waals surface area (Å²) in [5.41, 5.74) is 1.04. The molecule has 0 spiro atoms. The van der Waals surface area contributed by atoms with Gasteiger partial charge in [-0.15, -0.1) is 0 Å². The summed E-state index contributed by atoms with van der Waals surface area (Å²) in [5.74, 6) is 0.774. The van der Waals surface area contributed by atoms with Crippen LogP contribution in [0.2, 0.25) is 10.0 Å². The van der Waals surface area contributed by atoms with Crippen molar-refractivity contribution in [2.45, 2.75) is 25.6 Å². The number of anilines is 1. The van der Waals surface area contributed by atoms with Gasteiger partial charge in [-0.3, -0.25) is 0 Å². The summed E-state index contributed by atoms with van der Waals surface area (Å²) < 4.78 is 6.88. The van der Waals surface area contributed by atoms with E-state index in [1.165, 1.54) is 0 Å². The second-order valence-corrected chi connectivity index (χ2v) is 7.18. The Morgan fingerprint density at radius 2 is 1.83 bits per heavy atom. The first-order chi connectivity index (χ1) is 11.1. The number of halogens is 3. The van der Waals surface area contributed by atoms with Crippen LogP contribution < -0.4 is 4.90 Å². The summed E-state index contributed by atoms with van der Waals surface area (Å²) >= 11 is 15.3. The predicted molar refractivity (Wildman–Crippen MR) is 96.2 cm³/mol. The summed E-state index contributed by atoms with van der Waals surface area (Å²) in [4.78, 5) is 10.9. The zero-order chi connectivity index (χ0) is 16.2. The number of piperidine rings is 1. The van der Waals surface area contributed by atoms with Gasteiger partial charge in [-0.1, -0.05) is 29.3 Å². The van der Waals surface area contributed by atoms with Crippen LogP contribution in [-0.4, -0.2) is 29.2 Å². The largest absolute Gasteiger partial charge is 0.373 e. The van der Waals surface area contributed by atoms with Gasteiger partial charge in [0.05, 0.1) is 27.2 Å². The van der Waals surface area contributed by atoms with Gasteiger partial charge < -0.3 is 9.64 Å². The molecule has 1 aliphatic heterocycles. The Bertz CT molecular complexity index is 661.